The van der Waals surface area contributed by atoms with E-state index in [0.29, 0.717) is 4.73 Å². The Morgan fingerprint density at radius 3 is 2.09 bits per heavy atom. The number of para-hydroxylation sites is 2. The molecule has 0 amide bonds. The molecular weight excluding hydrogens is 460 g/mol. The topological polar surface area (TPSA) is 38.9 Å². The Kier molecular flexibility index (Phi) is 4.58. The molecule has 152 valence electrons. The van der Waals surface area contributed by atoms with Gasteiger partial charge in [0.2, 0.25) is 0 Å². The van der Waals surface area contributed by atoms with Crippen molar-refractivity contribution < 1.29 is 4.42 Å². The van der Waals surface area contributed by atoms with Gasteiger partial charge in [-0.1, -0.05) is 84.9 Å². The highest BCUT2D eigenvalue weighted by atomic mass is 79.9. The second-order valence-corrected chi connectivity index (χ2v) is 8.34. The quantitative estimate of drug-likeness (QED) is 0.242. The molecule has 2 heterocycles. The second kappa shape index (κ2) is 7.74. The summed E-state index contributed by atoms with van der Waals surface area (Å²) in [7, 11) is 0. The van der Waals surface area contributed by atoms with Crippen molar-refractivity contribution in [3.05, 3.63) is 108 Å². The maximum Gasteiger partial charge on any atom is 0.197 e. The summed E-state index contributed by atoms with van der Waals surface area (Å²) < 4.78 is 6.81. The maximum absolute atomic E-state index is 6.25. The van der Waals surface area contributed by atoms with Gasteiger partial charge in [-0.2, -0.15) is 0 Å². The first-order chi connectivity index (χ1) is 15.8. The fraction of sp³-hybridized carbons (Fsp3) is 0. The molecule has 4 aromatic carbocycles. The monoisotopic (exact) mass is 476 g/mol. The van der Waals surface area contributed by atoms with E-state index < -0.39 is 0 Å². The molecule has 0 saturated heterocycles. The molecule has 6 aromatic rings. The lowest BCUT2D eigenvalue weighted by Crippen LogP contribution is -1.92. The van der Waals surface area contributed by atoms with Gasteiger partial charge in [0.1, 0.15) is 11.2 Å². The first-order valence-corrected chi connectivity index (χ1v) is 11.2. The minimum atomic E-state index is 0.568. The van der Waals surface area contributed by atoms with Crippen LogP contribution < -0.4 is 0 Å². The van der Waals surface area contributed by atoms with Gasteiger partial charge < -0.3 is 4.42 Å². The highest BCUT2D eigenvalue weighted by Crippen LogP contribution is 2.37. The molecule has 6 rings (SSSR count). The number of nitrogens with zero attached hydrogens (tertiary/aromatic N) is 2. The average molecular weight is 477 g/mol. The molecule has 0 atom stereocenters. The number of rotatable bonds is 3. The van der Waals surface area contributed by atoms with Crippen molar-refractivity contribution >= 4 is 37.9 Å². The van der Waals surface area contributed by atoms with Crippen LogP contribution in [0.15, 0.2) is 112 Å². The van der Waals surface area contributed by atoms with Crippen molar-refractivity contribution in [3.8, 4) is 33.6 Å². The number of hydrogen-bond donors (Lipinski definition) is 0. The Morgan fingerprint density at radius 2 is 1.22 bits per heavy atom. The Hall–Kier alpha value is -3.76. The lowest BCUT2D eigenvalue weighted by atomic mass is 9.99. The summed E-state index contributed by atoms with van der Waals surface area (Å²) in [5.41, 5.74) is 7.78. The van der Waals surface area contributed by atoms with Crippen LogP contribution in [0.5, 0.6) is 0 Å². The molecule has 0 aliphatic heterocycles. The van der Waals surface area contributed by atoms with Crippen LogP contribution in [0.3, 0.4) is 0 Å². The Balaban J connectivity index is 1.50. The summed E-state index contributed by atoms with van der Waals surface area (Å²) >= 11 is 3.49. The molecule has 4 heteroatoms. The molecule has 0 N–H and O–H groups in total. The van der Waals surface area contributed by atoms with Crippen molar-refractivity contribution in [2.45, 2.75) is 0 Å². The van der Waals surface area contributed by atoms with Crippen LogP contribution in [0.1, 0.15) is 0 Å². The van der Waals surface area contributed by atoms with Crippen molar-refractivity contribution in [1.82, 2.24) is 9.97 Å². The van der Waals surface area contributed by atoms with Gasteiger partial charge in [-0.15, -0.1) is 0 Å². The Bertz CT molecular complexity index is 1590. The van der Waals surface area contributed by atoms with Crippen molar-refractivity contribution in [2.24, 2.45) is 0 Å². The third-order valence-electron chi connectivity index (χ3n) is 5.64. The second-order valence-electron chi connectivity index (χ2n) is 7.63. The standard InChI is InChI=1S/C28H17BrN2O/c29-28-30-24(18-8-2-1-3-9-18)17-25(31-28)20-11-6-10-19(16-20)21-13-7-14-23-22-12-4-5-15-26(22)32-27(21)23/h1-17H. The van der Waals surface area contributed by atoms with Crippen LogP contribution >= 0.6 is 15.9 Å². The third-order valence-corrected chi connectivity index (χ3v) is 6.00. The van der Waals surface area contributed by atoms with Crippen LogP contribution in [0.4, 0.5) is 0 Å². The summed E-state index contributed by atoms with van der Waals surface area (Å²) in [6.45, 7) is 0. The van der Waals surface area contributed by atoms with E-state index in [4.69, 9.17) is 4.42 Å². The van der Waals surface area contributed by atoms with Crippen molar-refractivity contribution in [2.75, 3.05) is 0 Å². The minimum Gasteiger partial charge on any atom is -0.455 e. The number of halogens is 1. The fourth-order valence-electron chi connectivity index (χ4n) is 4.14. The SMILES string of the molecule is Brc1nc(-c2ccccc2)cc(-c2cccc(-c3cccc4c3oc3ccccc34)c2)n1. The molecule has 32 heavy (non-hydrogen) atoms. The predicted octanol–water partition coefficient (Wildman–Crippen LogP) is 8.14. The summed E-state index contributed by atoms with van der Waals surface area (Å²) in [6.07, 6.45) is 0. The van der Waals surface area contributed by atoms with E-state index in [1.807, 2.05) is 42.5 Å². The molecule has 0 aliphatic carbocycles. The summed E-state index contributed by atoms with van der Waals surface area (Å²) in [5, 5.41) is 2.26. The zero-order chi connectivity index (χ0) is 21.5. The van der Waals surface area contributed by atoms with E-state index in [1.54, 1.807) is 0 Å². The minimum absolute atomic E-state index is 0.568. The van der Waals surface area contributed by atoms with E-state index >= 15 is 0 Å². The average Bonchev–Trinajstić information content (AvgIpc) is 3.23. The van der Waals surface area contributed by atoms with Gasteiger partial charge in [0.25, 0.3) is 0 Å². The zero-order valence-electron chi connectivity index (χ0n) is 17.0. The number of benzene rings is 4. The molecular formula is C28H17BrN2O. The lowest BCUT2D eigenvalue weighted by Gasteiger charge is -2.08. The van der Waals surface area contributed by atoms with Crippen molar-refractivity contribution in [3.63, 3.8) is 0 Å². The summed E-state index contributed by atoms with van der Waals surface area (Å²) in [4.78, 5) is 9.21. The van der Waals surface area contributed by atoms with Crippen molar-refractivity contribution in [1.29, 1.82) is 0 Å². The molecule has 0 aliphatic rings. The lowest BCUT2D eigenvalue weighted by molar-refractivity contribution is 0.670. The van der Waals surface area contributed by atoms with E-state index in [-0.39, 0.29) is 0 Å². The smallest absolute Gasteiger partial charge is 0.197 e. The van der Waals surface area contributed by atoms with E-state index in [2.05, 4.69) is 86.6 Å². The van der Waals surface area contributed by atoms with Gasteiger partial charge in [0.15, 0.2) is 4.73 Å². The third kappa shape index (κ3) is 3.29. The van der Waals surface area contributed by atoms with Crippen LogP contribution in [-0.4, -0.2) is 9.97 Å². The molecule has 0 unspecified atom stereocenters. The van der Waals surface area contributed by atoms with E-state index in [9.17, 15) is 0 Å². The molecule has 0 spiro atoms. The van der Waals surface area contributed by atoms with Crippen LogP contribution in [-0.2, 0) is 0 Å². The Labute approximate surface area is 193 Å². The summed E-state index contributed by atoms with van der Waals surface area (Å²) in [6, 6.07) is 35.0. The van der Waals surface area contributed by atoms with Crippen LogP contribution in [0.2, 0.25) is 0 Å². The molecule has 2 aromatic heterocycles. The van der Waals surface area contributed by atoms with E-state index in [0.717, 1.165) is 55.6 Å². The molecule has 0 saturated carbocycles. The highest BCUT2D eigenvalue weighted by molar-refractivity contribution is 9.10. The van der Waals surface area contributed by atoms with Gasteiger partial charge >= 0.3 is 0 Å². The van der Waals surface area contributed by atoms with Gasteiger partial charge in [0.05, 0.1) is 11.4 Å². The van der Waals surface area contributed by atoms with Gasteiger partial charge in [-0.3, -0.25) is 0 Å². The molecule has 3 nitrogen and oxygen atoms in total. The Morgan fingerprint density at radius 1 is 0.562 bits per heavy atom. The number of hydrogen-bond acceptors (Lipinski definition) is 3. The van der Waals surface area contributed by atoms with E-state index in [1.165, 1.54) is 0 Å². The number of aromatic nitrogens is 2. The molecule has 0 radical (unpaired) electrons. The van der Waals surface area contributed by atoms with Gasteiger partial charge in [-0.05, 0) is 39.7 Å². The number of fused-ring (bicyclic) bond motifs is 3. The first kappa shape index (κ1) is 19.0. The maximum atomic E-state index is 6.25. The summed E-state index contributed by atoms with van der Waals surface area (Å²) in [5.74, 6) is 0. The molecule has 0 bridgehead atoms. The van der Waals surface area contributed by atoms with Crippen LogP contribution in [0, 0.1) is 0 Å². The normalized spacial score (nSPS) is 11.3. The largest absolute Gasteiger partial charge is 0.455 e. The zero-order valence-corrected chi connectivity index (χ0v) is 18.6. The highest BCUT2D eigenvalue weighted by Gasteiger charge is 2.13. The van der Waals surface area contributed by atoms with Gasteiger partial charge in [0, 0.05) is 27.5 Å². The first-order valence-electron chi connectivity index (χ1n) is 10.4. The van der Waals surface area contributed by atoms with Crippen LogP contribution in [0.25, 0.3) is 55.6 Å². The number of furan rings is 1. The fourth-order valence-corrected chi connectivity index (χ4v) is 4.53. The van der Waals surface area contributed by atoms with Gasteiger partial charge in [-0.25, -0.2) is 9.97 Å². The predicted molar refractivity (Wildman–Crippen MR) is 133 cm³/mol. The molecule has 0 fully saturated rings.